The lowest BCUT2D eigenvalue weighted by Gasteiger charge is -1.97. The number of carbonyl (C=O) groups is 1. The number of aryl methyl sites for hydroxylation is 1. The van der Waals surface area contributed by atoms with Crippen LogP contribution in [0.25, 0.3) is 11.3 Å². The fourth-order valence-corrected chi connectivity index (χ4v) is 1.47. The molecule has 4 heteroatoms. The quantitative estimate of drug-likeness (QED) is 0.850. The Hall–Kier alpha value is -2.10. The lowest BCUT2D eigenvalue weighted by molar-refractivity contribution is -0.137. The van der Waals surface area contributed by atoms with Crippen molar-refractivity contribution in [1.82, 2.24) is 9.55 Å². The van der Waals surface area contributed by atoms with Gasteiger partial charge in [-0.05, 0) is 0 Å². The van der Waals surface area contributed by atoms with Crippen LogP contribution < -0.4 is 0 Å². The summed E-state index contributed by atoms with van der Waals surface area (Å²) in [6.07, 6.45) is 3.63. The van der Waals surface area contributed by atoms with Gasteiger partial charge in [-0.3, -0.25) is 4.79 Å². The maximum absolute atomic E-state index is 10.4. The second-order valence-electron chi connectivity index (χ2n) is 3.51. The van der Waals surface area contributed by atoms with Gasteiger partial charge in [0.1, 0.15) is 0 Å². The van der Waals surface area contributed by atoms with Crippen molar-refractivity contribution in [1.29, 1.82) is 0 Å². The van der Waals surface area contributed by atoms with Gasteiger partial charge in [0.05, 0.1) is 18.4 Å². The first-order valence-corrected chi connectivity index (χ1v) is 5.05. The average molecular weight is 216 g/mol. The van der Waals surface area contributed by atoms with E-state index in [2.05, 4.69) is 4.98 Å². The summed E-state index contributed by atoms with van der Waals surface area (Å²) in [7, 11) is 0. The van der Waals surface area contributed by atoms with Gasteiger partial charge in [-0.25, -0.2) is 4.98 Å². The highest BCUT2D eigenvalue weighted by molar-refractivity contribution is 5.66. The molecule has 0 aliphatic rings. The van der Waals surface area contributed by atoms with Crippen molar-refractivity contribution in [3.8, 4) is 11.3 Å². The molecule has 82 valence electrons. The van der Waals surface area contributed by atoms with Crippen LogP contribution in [-0.2, 0) is 11.3 Å². The molecule has 0 amide bonds. The molecule has 0 saturated carbocycles. The molecular formula is C12H12N2O2. The van der Waals surface area contributed by atoms with Gasteiger partial charge in [0, 0.05) is 18.3 Å². The van der Waals surface area contributed by atoms with Crippen molar-refractivity contribution >= 4 is 5.97 Å². The molecule has 1 aromatic carbocycles. The van der Waals surface area contributed by atoms with E-state index in [1.807, 2.05) is 36.5 Å². The lowest BCUT2D eigenvalue weighted by Crippen LogP contribution is -2.02. The molecule has 2 aromatic rings. The Kier molecular flexibility index (Phi) is 3.00. The average Bonchev–Trinajstić information content (AvgIpc) is 2.76. The van der Waals surface area contributed by atoms with Gasteiger partial charge < -0.3 is 9.67 Å². The third-order valence-electron chi connectivity index (χ3n) is 2.29. The van der Waals surface area contributed by atoms with E-state index >= 15 is 0 Å². The van der Waals surface area contributed by atoms with Gasteiger partial charge in [-0.2, -0.15) is 0 Å². The van der Waals surface area contributed by atoms with Gasteiger partial charge in [0.25, 0.3) is 0 Å². The number of aliphatic carboxylic acids is 1. The van der Waals surface area contributed by atoms with Gasteiger partial charge in [0.15, 0.2) is 0 Å². The summed E-state index contributed by atoms with van der Waals surface area (Å²) in [5, 5.41) is 8.56. The number of rotatable bonds is 4. The number of carboxylic acid groups (broad SMARTS) is 1. The molecule has 2 rings (SSSR count). The summed E-state index contributed by atoms with van der Waals surface area (Å²) >= 11 is 0. The van der Waals surface area contributed by atoms with Crippen molar-refractivity contribution in [3.63, 3.8) is 0 Å². The first kappa shape index (κ1) is 10.4. The van der Waals surface area contributed by atoms with Gasteiger partial charge in [-0.15, -0.1) is 0 Å². The fraction of sp³-hybridized carbons (Fsp3) is 0.167. The maximum atomic E-state index is 10.4. The molecule has 0 aliphatic carbocycles. The van der Waals surface area contributed by atoms with Crippen LogP contribution in [0.1, 0.15) is 6.42 Å². The summed E-state index contributed by atoms with van der Waals surface area (Å²) in [5.41, 5.74) is 1.91. The van der Waals surface area contributed by atoms with Crippen LogP contribution in [0.5, 0.6) is 0 Å². The largest absolute Gasteiger partial charge is 0.481 e. The summed E-state index contributed by atoms with van der Waals surface area (Å²) < 4.78 is 1.79. The third kappa shape index (κ3) is 2.48. The predicted octanol–water partition coefficient (Wildman–Crippen LogP) is 2.02. The van der Waals surface area contributed by atoms with Crippen molar-refractivity contribution in [3.05, 3.63) is 42.9 Å². The van der Waals surface area contributed by atoms with E-state index in [1.54, 1.807) is 10.9 Å². The SMILES string of the molecule is O=C(O)CCn1cnc(-c2ccccc2)c1. The first-order chi connectivity index (χ1) is 7.75. The maximum Gasteiger partial charge on any atom is 0.305 e. The van der Waals surface area contributed by atoms with Crippen LogP contribution in [0, 0.1) is 0 Å². The standard InChI is InChI=1S/C12H12N2O2/c15-12(16)6-7-14-8-11(13-9-14)10-4-2-1-3-5-10/h1-5,8-9H,6-7H2,(H,15,16). The van der Waals surface area contributed by atoms with Crippen LogP contribution in [-0.4, -0.2) is 20.6 Å². The highest BCUT2D eigenvalue weighted by Crippen LogP contribution is 2.15. The second kappa shape index (κ2) is 4.61. The van der Waals surface area contributed by atoms with E-state index in [0.717, 1.165) is 11.3 Å². The number of carboxylic acids is 1. The Morgan fingerprint density at radius 1 is 1.31 bits per heavy atom. The minimum atomic E-state index is -0.796. The van der Waals surface area contributed by atoms with E-state index in [0.29, 0.717) is 6.54 Å². The second-order valence-corrected chi connectivity index (χ2v) is 3.51. The monoisotopic (exact) mass is 216 g/mol. The summed E-state index contributed by atoms with van der Waals surface area (Å²) in [6.45, 7) is 0.454. The lowest BCUT2D eigenvalue weighted by atomic mass is 10.2. The number of hydrogen-bond donors (Lipinski definition) is 1. The summed E-state index contributed by atoms with van der Waals surface area (Å²) in [6, 6.07) is 9.80. The Balaban J connectivity index is 2.11. The van der Waals surface area contributed by atoms with E-state index in [-0.39, 0.29) is 6.42 Å². The number of benzene rings is 1. The number of aromatic nitrogens is 2. The third-order valence-corrected chi connectivity index (χ3v) is 2.29. The minimum Gasteiger partial charge on any atom is -0.481 e. The zero-order valence-corrected chi connectivity index (χ0v) is 8.71. The Bertz CT molecular complexity index is 477. The van der Waals surface area contributed by atoms with Crippen molar-refractivity contribution in [2.45, 2.75) is 13.0 Å². The van der Waals surface area contributed by atoms with Crippen LogP contribution >= 0.6 is 0 Å². The molecular weight excluding hydrogens is 204 g/mol. The fourth-order valence-electron chi connectivity index (χ4n) is 1.47. The van der Waals surface area contributed by atoms with E-state index < -0.39 is 5.97 Å². The molecule has 0 radical (unpaired) electrons. The van der Waals surface area contributed by atoms with Crippen LogP contribution in [0.3, 0.4) is 0 Å². The van der Waals surface area contributed by atoms with E-state index in [1.165, 1.54) is 0 Å². The minimum absolute atomic E-state index is 0.116. The van der Waals surface area contributed by atoms with Gasteiger partial charge in [0.2, 0.25) is 0 Å². The molecule has 1 heterocycles. The van der Waals surface area contributed by atoms with Crippen LogP contribution in [0.2, 0.25) is 0 Å². The molecule has 0 atom stereocenters. The van der Waals surface area contributed by atoms with E-state index in [9.17, 15) is 4.79 Å². The Morgan fingerprint density at radius 3 is 2.75 bits per heavy atom. The first-order valence-electron chi connectivity index (χ1n) is 5.05. The molecule has 0 saturated heterocycles. The molecule has 0 bridgehead atoms. The Morgan fingerprint density at radius 2 is 2.06 bits per heavy atom. The van der Waals surface area contributed by atoms with Gasteiger partial charge >= 0.3 is 5.97 Å². The number of hydrogen-bond acceptors (Lipinski definition) is 2. The van der Waals surface area contributed by atoms with Gasteiger partial charge in [-0.1, -0.05) is 30.3 Å². The zero-order valence-electron chi connectivity index (χ0n) is 8.71. The summed E-state index contributed by atoms with van der Waals surface area (Å²) in [5.74, 6) is -0.796. The molecule has 1 N–H and O–H groups in total. The topological polar surface area (TPSA) is 55.1 Å². The van der Waals surface area contributed by atoms with Crippen LogP contribution in [0.4, 0.5) is 0 Å². The smallest absolute Gasteiger partial charge is 0.305 e. The van der Waals surface area contributed by atoms with Crippen molar-refractivity contribution < 1.29 is 9.90 Å². The molecule has 1 aromatic heterocycles. The molecule has 0 fully saturated rings. The molecule has 0 aliphatic heterocycles. The Labute approximate surface area is 93.2 Å². The predicted molar refractivity (Wildman–Crippen MR) is 59.9 cm³/mol. The molecule has 4 nitrogen and oxygen atoms in total. The number of nitrogens with zero attached hydrogens (tertiary/aromatic N) is 2. The summed E-state index contributed by atoms with van der Waals surface area (Å²) in [4.78, 5) is 14.7. The van der Waals surface area contributed by atoms with Crippen molar-refractivity contribution in [2.75, 3.05) is 0 Å². The van der Waals surface area contributed by atoms with Crippen LogP contribution in [0.15, 0.2) is 42.9 Å². The highest BCUT2D eigenvalue weighted by atomic mass is 16.4. The highest BCUT2D eigenvalue weighted by Gasteiger charge is 2.02. The molecule has 0 unspecified atom stereocenters. The zero-order chi connectivity index (χ0) is 11.4. The number of imidazole rings is 1. The normalized spacial score (nSPS) is 10.2. The molecule has 0 spiro atoms. The van der Waals surface area contributed by atoms with Crippen molar-refractivity contribution in [2.24, 2.45) is 0 Å². The van der Waals surface area contributed by atoms with E-state index in [4.69, 9.17) is 5.11 Å². The molecule has 16 heavy (non-hydrogen) atoms.